The van der Waals surface area contributed by atoms with Crippen LogP contribution in [0.1, 0.15) is 26.5 Å². The Balaban J connectivity index is 3.46. The first-order chi connectivity index (χ1) is 5.82. The van der Waals surface area contributed by atoms with Crippen LogP contribution in [0, 0.1) is 0 Å². The molecule has 0 fully saturated rings. The van der Waals surface area contributed by atoms with Crippen LogP contribution < -0.4 is 5.56 Å². The van der Waals surface area contributed by atoms with Gasteiger partial charge in [-0.1, -0.05) is 20.8 Å². The van der Waals surface area contributed by atoms with E-state index in [-0.39, 0.29) is 16.7 Å². The van der Waals surface area contributed by atoms with Crippen LogP contribution in [0.2, 0.25) is 0 Å². The average Bonchev–Trinajstić information content (AvgIpc) is 1.94. The first-order valence-electron chi connectivity index (χ1n) is 4.23. The lowest BCUT2D eigenvalue weighted by atomic mass is 9.91. The average molecular weight is 181 g/mol. The van der Waals surface area contributed by atoms with Crippen LogP contribution >= 0.6 is 0 Å². The SMILES string of the molecule is Cn1c(C(C)(C)C)cc(O)cc1=O. The van der Waals surface area contributed by atoms with E-state index < -0.39 is 0 Å². The summed E-state index contributed by atoms with van der Waals surface area (Å²) in [5.74, 6) is 0.0352. The molecule has 0 atom stereocenters. The van der Waals surface area contributed by atoms with Crippen LogP contribution in [0.5, 0.6) is 5.75 Å². The third-order valence-electron chi connectivity index (χ3n) is 2.02. The number of aromatic nitrogens is 1. The number of rotatable bonds is 0. The van der Waals surface area contributed by atoms with Crippen LogP contribution in [0.25, 0.3) is 0 Å². The van der Waals surface area contributed by atoms with Gasteiger partial charge in [-0.25, -0.2) is 0 Å². The van der Waals surface area contributed by atoms with Crippen molar-refractivity contribution >= 4 is 0 Å². The van der Waals surface area contributed by atoms with Gasteiger partial charge in [-0.15, -0.1) is 0 Å². The molecule has 0 bridgehead atoms. The fourth-order valence-electron chi connectivity index (χ4n) is 1.34. The second kappa shape index (κ2) is 2.91. The van der Waals surface area contributed by atoms with E-state index in [1.807, 2.05) is 20.8 Å². The molecule has 3 heteroatoms. The van der Waals surface area contributed by atoms with Crippen LogP contribution in [-0.4, -0.2) is 9.67 Å². The van der Waals surface area contributed by atoms with Gasteiger partial charge in [-0.2, -0.15) is 0 Å². The zero-order valence-electron chi connectivity index (χ0n) is 8.46. The van der Waals surface area contributed by atoms with Gasteiger partial charge in [0.15, 0.2) is 0 Å². The maximum atomic E-state index is 11.3. The molecule has 1 aromatic heterocycles. The zero-order valence-corrected chi connectivity index (χ0v) is 8.46. The summed E-state index contributed by atoms with van der Waals surface area (Å²) in [6.45, 7) is 6.00. The van der Waals surface area contributed by atoms with E-state index in [1.54, 1.807) is 17.7 Å². The highest BCUT2D eigenvalue weighted by Gasteiger charge is 2.17. The third kappa shape index (κ3) is 1.91. The molecular weight excluding hydrogens is 166 g/mol. The smallest absolute Gasteiger partial charge is 0.254 e. The van der Waals surface area contributed by atoms with Gasteiger partial charge < -0.3 is 9.67 Å². The van der Waals surface area contributed by atoms with E-state index in [4.69, 9.17) is 0 Å². The second-order valence-electron chi connectivity index (χ2n) is 4.25. The Hall–Kier alpha value is -1.25. The lowest BCUT2D eigenvalue weighted by molar-refractivity contribution is 0.459. The number of hydrogen-bond acceptors (Lipinski definition) is 2. The predicted octanol–water partition coefficient (Wildman–Crippen LogP) is 1.39. The van der Waals surface area contributed by atoms with Crippen LogP contribution in [0.3, 0.4) is 0 Å². The van der Waals surface area contributed by atoms with Crippen molar-refractivity contribution in [3.8, 4) is 5.75 Å². The molecule has 0 aliphatic rings. The Bertz CT molecular complexity index is 371. The molecule has 0 aromatic carbocycles. The highest BCUT2D eigenvalue weighted by Crippen LogP contribution is 2.22. The molecule has 0 aliphatic carbocycles. The molecule has 72 valence electrons. The van der Waals surface area contributed by atoms with E-state index in [9.17, 15) is 9.90 Å². The van der Waals surface area contributed by atoms with Gasteiger partial charge in [0.1, 0.15) is 5.75 Å². The molecule has 1 aromatic rings. The zero-order chi connectivity index (χ0) is 10.2. The Kier molecular flexibility index (Phi) is 2.20. The molecule has 0 saturated carbocycles. The first-order valence-corrected chi connectivity index (χ1v) is 4.23. The predicted molar refractivity (Wildman–Crippen MR) is 52.0 cm³/mol. The topological polar surface area (TPSA) is 42.2 Å². The number of nitrogens with zero attached hydrogens (tertiary/aromatic N) is 1. The highest BCUT2D eigenvalue weighted by atomic mass is 16.3. The summed E-state index contributed by atoms with van der Waals surface area (Å²) in [7, 11) is 1.71. The Labute approximate surface area is 77.6 Å². The van der Waals surface area contributed by atoms with E-state index >= 15 is 0 Å². The summed E-state index contributed by atoms with van der Waals surface area (Å²) in [5, 5.41) is 9.27. The molecule has 1 N–H and O–H groups in total. The lowest BCUT2D eigenvalue weighted by Gasteiger charge is -2.22. The monoisotopic (exact) mass is 181 g/mol. The van der Waals surface area contributed by atoms with E-state index in [0.29, 0.717) is 0 Å². The summed E-state index contributed by atoms with van der Waals surface area (Å²) in [6, 6.07) is 2.84. The van der Waals surface area contributed by atoms with Crippen LogP contribution in [0.15, 0.2) is 16.9 Å². The molecule has 0 radical (unpaired) electrons. The maximum Gasteiger partial charge on any atom is 0.254 e. The number of aromatic hydroxyl groups is 1. The number of hydrogen-bond donors (Lipinski definition) is 1. The van der Waals surface area contributed by atoms with Crippen molar-refractivity contribution in [1.29, 1.82) is 0 Å². The van der Waals surface area contributed by atoms with Crippen molar-refractivity contribution in [3.05, 3.63) is 28.2 Å². The maximum absolute atomic E-state index is 11.3. The van der Waals surface area contributed by atoms with Gasteiger partial charge >= 0.3 is 0 Å². The molecule has 3 nitrogen and oxygen atoms in total. The minimum absolute atomic E-state index is 0.0352. The van der Waals surface area contributed by atoms with Crippen molar-refractivity contribution in [1.82, 2.24) is 4.57 Å². The quantitative estimate of drug-likeness (QED) is 0.657. The summed E-state index contributed by atoms with van der Waals surface area (Å²) >= 11 is 0. The molecule has 0 spiro atoms. The molecule has 0 aliphatic heterocycles. The number of pyridine rings is 1. The van der Waals surface area contributed by atoms with Gasteiger partial charge in [0.05, 0.1) is 0 Å². The molecule has 0 saturated heterocycles. The first kappa shape index (κ1) is 9.84. The molecule has 1 heterocycles. The molecular formula is C10H15NO2. The van der Waals surface area contributed by atoms with Crippen molar-refractivity contribution < 1.29 is 5.11 Å². The summed E-state index contributed by atoms with van der Waals surface area (Å²) in [5.41, 5.74) is 0.523. The van der Waals surface area contributed by atoms with Gasteiger partial charge in [-0.3, -0.25) is 4.79 Å². The molecule has 0 unspecified atom stereocenters. The van der Waals surface area contributed by atoms with Gasteiger partial charge in [0.2, 0.25) is 0 Å². The molecule has 1 rings (SSSR count). The van der Waals surface area contributed by atoms with Crippen molar-refractivity contribution in [2.45, 2.75) is 26.2 Å². The summed E-state index contributed by atoms with van der Waals surface area (Å²) in [4.78, 5) is 11.3. The normalized spacial score (nSPS) is 11.7. The largest absolute Gasteiger partial charge is 0.508 e. The Morgan fingerprint density at radius 2 is 1.85 bits per heavy atom. The van der Waals surface area contributed by atoms with Gasteiger partial charge in [-0.05, 0) is 0 Å². The van der Waals surface area contributed by atoms with Crippen molar-refractivity contribution in [2.24, 2.45) is 7.05 Å². The second-order valence-corrected chi connectivity index (χ2v) is 4.25. The fourth-order valence-corrected chi connectivity index (χ4v) is 1.34. The minimum atomic E-state index is -0.176. The fraction of sp³-hybridized carbons (Fsp3) is 0.500. The molecule has 0 amide bonds. The summed E-state index contributed by atoms with van der Waals surface area (Å²) < 4.78 is 1.56. The molecule has 13 heavy (non-hydrogen) atoms. The van der Waals surface area contributed by atoms with E-state index in [1.165, 1.54) is 6.07 Å². The van der Waals surface area contributed by atoms with Crippen LogP contribution in [-0.2, 0) is 12.5 Å². The van der Waals surface area contributed by atoms with Gasteiger partial charge in [0, 0.05) is 30.3 Å². The Morgan fingerprint density at radius 3 is 2.31 bits per heavy atom. The van der Waals surface area contributed by atoms with Crippen LogP contribution in [0.4, 0.5) is 0 Å². The summed E-state index contributed by atoms with van der Waals surface area (Å²) in [6.07, 6.45) is 0. The Morgan fingerprint density at radius 1 is 1.31 bits per heavy atom. The van der Waals surface area contributed by atoms with Crippen molar-refractivity contribution in [2.75, 3.05) is 0 Å². The third-order valence-corrected chi connectivity index (χ3v) is 2.02. The van der Waals surface area contributed by atoms with E-state index in [2.05, 4.69) is 0 Å². The van der Waals surface area contributed by atoms with E-state index in [0.717, 1.165) is 5.69 Å². The lowest BCUT2D eigenvalue weighted by Crippen LogP contribution is -2.26. The minimum Gasteiger partial charge on any atom is -0.508 e. The standard InChI is InChI=1S/C10H15NO2/c1-10(2,3)8-5-7(12)6-9(13)11(8)4/h5-6,12H,1-4H3. The van der Waals surface area contributed by atoms with Crippen molar-refractivity contribution in [3.63, 3.8) is 0 Å². The van der Waals surface area contributed by atoms with Gasteiger partial charge in [0.25, 0.3) is 5.56 Å². The highest BCUT2D eigenvalue weighted by molar-refractivity contribution is 5.26.